The topological polar surface area (TPSA) is 64.9 Å². The third-order valence-electron chi connectivity index (χ3n) is 7.25. The van der Waals surface area contributed by atoms with E-state index in [1.165, 1.54) is 10.7 Å². The molecule has 2 amide bonds. The van der Waals surface area contributed by atoms with Crippen LogP contribution in [0.4, 0.5) is 14.9 Å². The van der Waals surface area contributed by atoms with Gasteiger partial charge in [-0.1, -0.05) is 6.07 Å². The van der Waals surface area contributed by atoms with Gasteiger partial charge in [0, 0.05) is 77.7 Å². The lowest BCUT2D eigenvalue weighted by molar-refractivity contribution is -0.129. The monoisotopic (exact) mass is 454 g/mol. The van der Waals surface area contributed by atoms with Crippen LogP contribution in [0.15, 0.2) is 30.6 Å². The van der Waals surface area contributed by atoms with Gasteiger partial charge < -0.3 is 14.7 Å². The molecule has 0 N–H and O–H groups in total. The standard InChI is InChI=1S/C24H31FN6O2/c1-17-10-26-31(11-17)24(33)30-15-20-13-27(14-21(20)16-30)12-19-3-4-22(25)9-23(19)29-7-5-28(6-8-29)18(2)32/h3-4,9-11,20-21H,5-8,12-16H2,1-2H3. The molecule has 176 valence electrons. The van der Waals surface area contributed by atoms with E-state index >= 15 is 0 Å². The minimum Gasteiger partial charge on any atom is -0.368 e. The highest BCUT2D eigenvalue weighted by molar-refractivity contribution is 5.76. The van der Waals surface area contributed by atoms with Gasteiger partial charge in [-0.2, -0.15) is 9.78 Å². The van der Waals surface area contributed by atoms with Crippen LogP contribution in [-0.4, -0.2) is 88.8 Å². The van der Waals surface area contributed by atoms with Crippen molar-refractivity contribution in [3.05, 3.63) is 47.5 Å². The van der Waals surface area contributed by atoms with Crippen LogP contribution in [0.5, 0.6) is 0 Å². The smallest absolute Gasteiger partial charge is 0.344 e. The first-order valence-electron chi connectivity index (χ1n) is 11.7. The SMILES string of the molecule is CC(=O)N1CCN(c2cc(F)ccc2CN2CC3CN(C(=O)n4cc(C)cn4)CC3C2)CC1. The molecule has 0 saturated carbocycles. The van der Waals surface area contributed by atoms with Crippen LogP contribution in [0, 0.1) is 24.6 Å². The minimum atomic E-state index is -0.232. The van der Waals surface area contributed by atoms with E-state index in [4.69, 9.17) is 0 Å². The maximum absolute atomic E-state index is 14.1. The zero-order valence-electron chi connectivity index (χ0n) is 19.3. The fraction of sp³-hybridized carbons (Fsp3) is 0.542. The van der Waals surface area contributed by atoms with E-state index in [2.05, 4.69) is 14.9 Å². The summed E-state index contributed by atoms with van der Waals surface area (Å²) in [6.07, 6.45) is 3.48. The molecule has 9 heteroatoms. The Labute approximate surface area is 193 Å². The third-order valence-corrected chi connectivity index (χ3v) is 7.25. The number of aryl methyl sites for hydroxylation is 1. The van der Waals surface area contributed by atoms with Crippen LogP contribution in [-0.2, 0) is 11.3 Å². The van der Waals surface area contributed by atoms with E-state index in [-0.39, 0.29) is 17.8 Å². The molecule has 1 aromatic heterocycles. The number of fused-ring (bicyclic) bond motifs is 1. The lowest BCUT2D eigenvalue weighted by Crippen LogP contribution is -2.48. The number of carbonyl (C=O) groups is 2. The molecule has 2 atom stereocenters. The molecule has 33 heavy (non-hydrogen) atoms. The van der Waals surface area contributed by atoms with Crippen LogP contribution >= 0.6 is 0 Å². The van der Waals surface area contributed by atoms with Gasteiger partial charge in [-0.25, -0.2) is 9.18 Å². The van der Waals surface area contributed by atoms with Crippen molar-refractivity contribution in [2.45, 2.75) is 20.4 Å². The summed E-state index contributed by atoms with van der Waals surface area (Å²) >= 11 is 0. The van der Waals surface area contributed by atoms with Gasteiger partial charge in [0.15, 0.2) is 0 Å². The molecule has 3 aliphatic heterocycles. The number of benzene rings is 1. The summed E-state index contributed by atoms with van der Waals surface area (Å²) in [5.74, 6) is 0.763. The number of piperazine rings is 1. The Balaban J connectivity index is 1.21. The van der Waals surface area contributed by atoms with E-state index in [9.17, 15) is 14.0 Å². The van der Waals surface area contributed by atoms with Crippen molar-refractivity contribution in [3.63, 3.8) is 0 Å². The number of likely N-dealkylation sites (tertiary alicyclic amines) is 2. The summed E-state index contributed by atoms with van der Waals surface area (Å²) < 4.78 is 15.6. The molecule has 0 bridgehead atoms. The first kappa shape index (κ1) is 21.9. The number of aromatic nitrogens is 2. The summed E-state index contributed by atoms with van der Waals surface area (Å²) in [6, 6.07) is 5.01. The second-order valence-electron chi connectivity index (χ2n) is 9.63. The summed E-state index contributed by atoms with van der Waals surface area (Å²) in [5.41, 5.74) is 3.03. The lowest BCUT2D eigenvalue weighted by atomic mass is 10.0. The molecule has 3 aliphatic rings. The Hall–Kier alpha value is -2.94. The van der Waals surface area contributed by atoms with Crippen molar-refractivity contribution in [2.24, 2.45) is 11.8 Å². The second kappa shape index (κ2) is 8.78. The van der Waals surface area contributed by atoms with Crippen molar-refractivity contribution in [1.29, 1.82) is 0 Å². The molecule has 3 saturated heterocycles. The number of nitrogens with zero attached hydrogens (tertiary/aromatic N) is 6. The Morgan fingerprint density at radius 1 is 1.03 bits per heavy atom. The largest absolute Gasteiger partial charge is 0.368 e. The predicted octanol–water partition coefficient (Wildman–Crippen LogP) is 2.03. The second-order valence-corrected chi connectivity index (χ2v) is 9.63. The maximum Gasteiger partial charge on any atom is 0.344 e. The summed E-state index contributed by atoms with van der Waals surface area (Å²) in [6.45, 7) is 10.4. The zero-order valence-corrected chi connectivity index (χ0v) is 19.3. The van der Waals surface area contributed by atoms with Crippen LogP contribution < -0.4 is 4.90 Å². The predicted molar refractivity (Wildman–Crippen MR) is 122 cm³/mol. The lowest BCUT2D eigenvalue weighted by Gasteiger charge is -2.37. The Kier molecular flexibility index (Phi) is 5.82. The molecular weight excluding hydrogens is 423 g/mol. The van der Waals surface area contributed by atoms with Crippen molar-refractivity contribution < 1.29 is 14.0 Å². The highest BCUT2D eigenvalue weighted by Crippen LogP contribution is 2.34. The van der Waals surface area contributed by atoms with E-state index in [0.717, 1.165) is 49.5 Å². The Bertz CT molecular complexity index is 1030. The fourth-order valence-corrected chi connectivity index (χ4v) is 5.51. The number of carbonyl (C=O) groups excluding carboxylic acids is 2. The fourth-order valence-electron chi connectivity index (χ4n) is 5.51. The average Bonchev–Trinajstić information content (AvgIpc) is 3.49. The quantitative estimate of drug-likeness (QED) is 0.710. The number of hydrogen-bond acceptors (Lipinski definition) is 5. The molecule has 1 aromatic carbocycles. The van der Waals surface area contributed by atoms with Gasteiger partial charge in [0.05, 0.1) is 6.20 Å². The summed E-state index contributed by atoms with van der Waals surface area (Å²) in [5, 5.41) is 4.16. The normalized spacial score (nSPS) is 23.3. The molecule has 0 radical (unpaired) electrons. The molecule has 0 spiro atoms. The van der Waals surface area contributed by atoms with E-state index in [1.807, 2.05) is 22.8 Å². The van der Waals surface area contributed by atoms with Gasteiger partial charge >= 0.3 is 6.03 Å². The van der Waals surface area contributed by atoms with Crippen molar-refractivity contribution >= 4 is 17.6 Å². The van der Waals surface area contributed by atoms with Gasteiger partial charge in [0.1, 0.15) is 5.82 Å². The van der Waals surface area contributed by atoms with Crippen molar-refractivity contribution in [1.82, 2.24) is 24.5 Å². The molecule has 8 nitrogen and oxygen atoms in total. The third kappa shape index (κ3) is 4.46. The zero-order chi connectivity index (χ0) is 23.1. The number of hydrogen-bond donors (Lipinski definition) is 0. The van der Waals surface area contributed by atoms with Gasteiger partial charge in [0.2, 0.25) is 5.91 Å². The Morgan fingerprint density at radius 3 is 2.33 bits per heavy atom. The number of halogens is 1. The molecule has 2 unspecified atom stereocenters. The highest BCUT2D eigenvalue weighted by Gasteiger charge is 2.42. The molecule has 0 aliphatic carbocycles. The van der Waals surface area contributed by atoms with E-state index in [0.29, 0.717) is 38.0 Å². The molecular formula is C24H31FN6O2. The minimum absolute atomic E-state index is 0.0467. The van der Waals surface area contributed by atoms with Gasteiger partial charge in [-0.05, 0) is 42.0 Å². The highest BCUT2D eigenvalue weighted by atomic mass is 19.1. The summed E-state index contributed by atoms with van der Waals surface area (Å²) in [7, 11) is 0. The first-order valence-corrected chi connectivity index (χ1v) is 11.7. The van der Waals surface area contributed by atoms with Crippen molar-refractivity contribution in [2.75, 3.05) is 57.3 Å². The number of rotatable bonds is 3. The van der Waals surface area contributed by atoms with E-state index in [1.54, 1.807) is 25.4 Å². The average molecular weight is 455 g/mol. The number of anilines is 1. The van der Waals surface area contributed by atoms with Crippen LogP contribution in [0.2, 0.25) is 0 Å². The van der Waals surface area contributed by atoms with Crippen LogP contribution in [0.1, 0.15) is 18.1 Å². The van der Waals surface area contributed by atoms with Crippen LogP contribution in [0.3, 0.4) is 0 Å². The van der Waals surface area contributed by atoms with Crippen LogP contribution in [0.25, 0.3) is 0 Å². The first-order chi connectivity index (χ1) is 15.9. The Morgan fingerprint density at radius 2 is 1.73 bits per heavy atom. The van der Waals surface area contributed by atoms with Gasteiger partial charge in [-0.15, -0.1) is 0 Å². The van der Waals surface area contributed by atoms with Gasteiger partial charge in [-0.3, -0.25) is 9.69 Å². The summed E-state index contributed by atoms with van der Waals surface area (Å²) in [4.78, 5) is 32.8. The molecule has 4 heterocycles. The maximum atomic E-state index is 14.1. The van der Waals surface area contributed by atoms with E-state index < -0.39 is 0 Å². The molecule has 3 fully saturated rings. The van der Waals surface area contributed by atoms with Crippen molar-refractivity contribution in [3.8, 4) is 0 Å². The molecule has 2 aromatic rings. The molecule has 5 rings (SSSR count). The number of amides is 2. The van der Waals surface area contributed by atoms with Gasteiger partial charge in [0.25, 0.3) is 0 Å².